The van der Waals surface area contributed by atoms with Crippen LogP contribution in [-0.2, 0) is 14.9 Å². The van der Waals surface area contributed by atoms with Crippen LogP contribution in [0, 0.1) is 0 Å². The van der Waals surface area contributed by atoms with E-state index in [1.165, 1.54) is 11.1 Å². The fraction of sp³-hybridized carbons (Fsp3) is 0.625. The number of hydrogen-bond donors (Lipinski definition) is 0. The molecule has 0 radical (unpaired) electrons. The van der Waals surface area contributed by atoms with Gasteiger partial charge in [-0.25, -0.2) is 0 Å². The van der Waals surface area contributed by atoms with Gasteiger partial charge < -0.3 is 9.47 Å². The first kappa shape index (κ1) is 45.8. The van der Waals surface area contributed by atoms with Gasteiger partial charge in [0.2, 0.25) is 0 Å². The van der Waals surface area contributed by atoms with Gasteiger partial charge in [0.25, 0.3) is 0 Å². The van der Waals surface area contributed by atoms with Crippen molar-refractivity contribution >= 4 is 0 Å². The Labute approximate surface area is 217 Å². The number of rotatable bonds is 4. The maximum Gasteiger partial charge on any atom is 0.0515 e. The van der Waals surface area contributed by atoms with Crippen molar-refractivity contribution in [3.05, 3.63) is 71.8 Å². The summed E-state index contributed by atoms with van der Waals surface area (Å²) in [7, 11) is 3.40. The quantitative estimate of drug-likeness (QED) is 0.433. The van der Waals surface area contributed by atoms with Crippen molar-refractivity contribution in [1.82, 2.24) is 0 Å². The molecule has 0 aliphatic rings. The zero-order chi connectivity index (χ0) is 27.3. The molecule has 2 heteroatoms. The molecule has 2 aromatic rings. The topological polar surface area (TPSA) is 18.5 Å². The number of benzene rings is 2. The van der Waals surface area contributed by atoms with E-state index in [1.54, 1.807) is 14.2 Å². The van der Waals surface area contributed by atoms with Crippen LogP contribution in [0.5, 0.6) is 0 Å². The summed E-state index contributed by atoms with van der Waals surface area (Å²) in [6, 6.07) is 21.3. The van der Waals surface area contributed by atoms with Gasteiger partial charge in [0.15, 0.2) is 0 Å². The molecule has 0 aliphatic carbocycles. The minimum absolute atomic E-state index is 0. The SMILES string of the molecule is C.CC.CC.CC.CC.CC(C)(c1ccccc1)c1ccccc1.COC(C)C.COC(C)C. The second-order valence-electron chi connectivity index (χ2n) is 6.93. The van der Waals surface area contributed by atoms with Gasteiger partial charge in [0.05, 0.1) is 12.2 Å². The molecule has 0 fully saturated rings. The Kier molecular flexibility index (Phi) is 48.4. The van der Waals surface area contributed by atoms with Crippen molar-refractivity contribution in [2.45, 2.75) is 122 Å². The average molecular weight is 481 g/mol. The van der Waals surface area contributed by atoms with Crippen LogP contribution in [-0.4, -0.2) is 26.4 Å². The lowest BCUT2D eigenvalue weighted by Gasteiger charge is -2.25. The molecular formula is C32H64O2. The summed E-state index contributed by atoms with van der Waals surface area (Å²) < 4.78 is 9.50. The van der Waals surface area contributed by atoms with Gasteiger partial charge in [-0.1, -0.05) is 137 Å². The standard InChI is InChI=1S/C15H16.2C4H10O.4C2H6.CH4/c1-15(2,13-9-5-3-6-10-13)14-11-7-4-8-12-14;2*1-4(2)5-3;4*1-2;/h3-12H,1-2H3;2*4H,1-3H3;4*1-2H3;1H4. The van der Waals surface area contributed by atoms with Crippen molar-refractivity contribution in [2.24, 2.45) is 0 Å². The van der Waals surface area contributed by atoms with Crippen LogP contribution < -0.4 is 0 Å². The summed E-state index contributed by atoms with van der Waals surface area (Å²) in [6.45, 7) is 28.5. The van der Waals surface area contributed by atoms with Crippen molar-refractivity contribution in [2.75, 3.05) is 14.2 Å². The largest absolute Gasteiger partial charge is 0.382 e. The highest BCUT2D eigenvalue weighted by molar-refractivity contribution is 5.36. The van der Waals surface area contributed by atoms with Crippen molar-refractivity contribution in [3.63, 3.8) is 0 Å². The summed E-state index contributed by atoms with van der Waals surface area (Å²) in [4.78, 5) is 0. The molecule has 0 heterocycles. The number of ether oxygens (including phenoxy) is 2. The van der Waals surface area contributed by atoms with E-state index in [1.807, 2.05) is 83.1 Å². The zero-order valence-corrected chi connectivity index (χ0v) is 25.2. The van der Waals surface area contributed by atoms with Crippen molar-refractivity contribution < 1.29 is 9.47 Å². The highest BCUT2D eigenvalue weighted by Gasteiger charge is 2.21. The molecule has 0 bridgehead atoms. The Morgan fingerprint density at radius 1 is 0.500 bits per heavy atom. The Balaban J connectivity index is -0.0000000870. The second-order valence-corrected chi connectivity index (χ2v) is 6.93. The number of hydrogen-bond acceptors (Lipinski definition) is 2. The lowest BCUT2D eigenvalue weighted by atomic mass is 9.78. The third kappa shape index (κ3) is 28.4. The molecule has 0 amide bonds. The fourth-order valence-corrected chi connectivity index (χ4v) is 1.88. The Hall–Kier alpha value is -1.64. The minimum atomic E-state index is 0. The van der Waals surface area contributed by atoms with Gasteiger partial charge in [0.1, 0.15) is 0 Å². The van der Waals surface area contributed by atoms with Gasteiger partial charge in [-0.2, -0.15) is 0 Å². The third-order valence-electron chi connectivity index (χ3n) is 3.93. The normalized spacial score (nSPS) is 8.53. The first-order chi connectivity index (χ1) is 15.8. The fourth-order valence-electron chi connectivity index (χ4n) is 1.88. The average Bonchev–Trinajstić information content (AvgIpc) is 2.90. The van der Waals surface area contributed by atoms with Gasteiger partial charge in [-0.05, 0) is 38.8 Å². The maximum atomic E-state index is 4.75. The van der Waals surface area contributed by atoms with Gasteiger partial charge in [-0.3, -0.25) is 0 Å². The Morgan fingerprint density at radius 3 is 0.824 bits per heavy atom. The van der Waals surface area contributed by atoms with E-state index in [0.29, 0.717) is 12.2 Å². The van der Waals surface area contributed by atoms with Crippen molar-refractivity contribution in [3.8, 4) is 0 Å². The molecular weight excluding hydrogens is 416 g/mol. The van der Waals surface area contributed by atoms with Crippen LogP contribution in [0.4, 0.5) is 0 Å². The summed E-state index contributed by atoms with van der Waals surface area (Å²) in [5, 5.41) is 0. The Morgan fingerprint density at radius 2 is 0.676 bits per heavy atom. The predicted octanol–water partition coefficient (Wildman–Crippen LogP) is 10.8. The van der Waals surface area contributed by atoms with E-state index >= 15 is 0 Å². The molecule has 2 aromatic carbocycles. The van der Waals surface area contributed by atoms with Gasteiger partial charge in [-0.15, -0.1) is 0 Å². The number of methoxy groups -OCH3 is 2. The zero-order valence-electron chi connectivity index (χ0n) is 25.2. The van der Waals surface area contributed by atoms with E-state index in [9.17, 15) is 0 Å². The molecule has 0 spiro atoms. The van der Waals surface area contributed by atoms with Gasteiger partial charge >= 0.3 is 0 Å². The van der Waals surface area contributed by atoms with Crippen LogP contribution in [0.15, 0.2) is 60.7 Å². The minimum Gasteiger partial charge on any atom is -0.382 e. The molecule has 0 aliphatic heterocycles. The molecule has 2 rings (SSSR count). The molecule has 2 nitrogen and oxygen atoms in total. The van der Waals surface area contributed by atoms with E-state index in [0.717, 1.165) is 0 Å². The van der Waals surface area contributed by atoms with E-state index in [2.05, 4.69) is 74.5 Å². The van der Waals surface area contributed by atoms with Crippen LogP contribution in [0.25, 0.3) is 0 Å². The molecule has 0 saturated carbocycles. The monoisotopic (exact) mass is 480 g/mol. The van der Waals surface area contributed by atoms with E-state index < -0.39 is 0 Å². The Bertz CT molecular complexity index is 482. The highest BCUT2D eigenvalue weighted by atomic mass is 16.5. The smallest absolute Gasteiger partial charge is 0.0515 e. The lowest BCUT2D eigenvalue weighted by Crippen LogP contribution is -2.18. The first-order valence-electron chi connectivity index (χ1n) is 12.9. The summed E-state index contributed by atoms with van der Waals surface area (Å²) in [5.41, 5.74) is 2.80. The molecule has 204 valence electrons. The molecule has 34 heavy (non-hydrogen) atoms. The van der Waals surface area contributed by atoms with Crippen LogP contribution >= 0.6 is 0 Å². The highest BCUT2D eigenvalue weighted by Crippen LogP contribution is 2.30. The first-order valence-corrected chi connectivity index (χ1v) is 12.9. The molecule has 0 atom stereocenters. The van der Waals surface area contributed by atoms with Crippen LogP contribution in [0.1, 0.15) is 115 Å². The maximum absolute atomic E-state index is 4.75. The summed E-state index contributed by atoms with van der Waals surface area (Å²) >= 11 is 0. The molecule has 0 unspecified atom stereocenters. The lowest BCUT2D eigenvalue weighted by molar-refractivity contribution is 0.134. The van der Waals surface area contributed by atoms with Gasteiger partial charge in [0, 0.05) is 19.6 Å². The third-order valence-corrected chi connectivity index (χ3v) is 3.93. The summed E-state index contributed by atoms with van der Waals surface area (Å²) in [6.07, 6.45) is 0.769. The molecule has 0 aromatic heterocycles. The summed E-state index contributed by atoms with van der Waals surface area (Å²) in [5.74, 6) is 0. The second kappa shape index (κ2) is 35.9. The van der Waals surface area contributed by atoms with E-state index in [4.69, 9.17) is 9.47 Å². The molecule has 0 N–H and O–H groups in total. The predicted molar refractivity (Wildman–Crippen MR) is 161 cm³/mol. The van der Waals surface area contributed by atoms with Crippen LogP contribution in [0.3, 0.4) is 0 Å². The van der Waals surface area contributed by atoms with Crippen molar-refractivity contribution in [1.29, 1.82) is 0 Å². The van der Waals surface area contributed by atoms with E-state index in [-0.39, 0.29) is 12.8 Å². The molecule has 0 saturated heterocycles. The van der Waals surface area contributed by atoms with Crippen LogP contribution in [0.2, 0.25) is 0 Å².